The number of hydrogen-bond donors (Lipinski definition) is 1. The third kappa shape index (κ3) is 9.26. The molecule has 0 heterocycles. The summed E-state index contributed by atoms with van der Waals surface area (Å²) in [6.45, 7) is 4.82. The SMILES string of the molecule is CCCCCCCCCCc1cccc(C(=O)OCCCCCC)c1O. The first-order valence-electron chi connectivity index (χ1n) is 10.7. The van der Waals surface area contributed by atoms with E-state index in [1.165, 1.54) is 44.9 Å². The number of para-hydroxylation sites is 1. The molecule has 0 saturated heterocycles. The van der Waals surface area contributed by atoms with Crippen molar-refractivity contribution in [3.8, 4) is 5.75 Å². The topological polar surface area (TPSA) is 46.5 Å². The maximum absolute atomic E-state index is 12.2. The fourth-order valence-electron chi connectivity index (χ4n) is 3.18. The minimum Gasteiger partial charge on any atom is -0.507 e. The highest BCUT2D eigenvalue weighted by Gasteiger charge is 2.15. The largest absolute Gasteiger partial charge is 0.507 e. The van der Waals surface area contributed by atoms with Crippen molar-refractivity contribution in [2.75, 3.05) is 6.61 Å². The molecule has 0 unspecified atom stereocenters. The van der Waals surface area contributed by atoms with E-state index >= 15 is 0 Å². The van der Waals surface area contributed by atoms with E-state index in [0.717, 1.165) is 44.1 Å². The van der Waals surface area contributed by atoms with Crippen molar-refractivity contribution in [3.05, 3.63) is 29.3 Å². The molecule has 0 fully saturated rings. The molecule has 0 aliphatic heterocycles. The summed E-state index contributed by atoms with van der Waals surface area (Å²) in [6.07, 6.45) is 15.2. The van der Waals surface area contributed by atoms with E-state index in [4.69, 9.17) is 4.74 Å². The second-order valence-electron chi connectivity index (χ2n) is 7.23. The van der Waals surface area contributed by atoms with Gasteiger partial charge in [-0.2, -0.15) is 0 Å². The average molecular weight is 363 g/mol. The van der Waals surface area contributed by atoms with E-state index in [2.05, 4.69) is 13.8 Å². The normalized spacial score (nSPS) is 10.8. The maximum atomic E-state index is 12.2. The van der Waals surface area contributed by atoms with Gasteiger partial charge in [-0.1, -0.05) is 90.2 Å². The molecule has 26 heavy (non-hydrogen) atoms. The van der Waals surface area contributed by atoms with Crippen molar-refractivity contribution in [1.29, 1.82) is 0 Å². The molecule has 1 rings (SSSR count). The Morgan fingerprint density at radius 3 is 2.08 bits per heavy atom. The number of ether oxygens (including phenoxy) is 1. The van der Waals surface area contributed by atoms with Crippen LogP contribution in [-0.2, 0) is 11.2 Å². The highest BCUT2D eigenvalue weighted by atomic mass is 16.5. The fourth-order valence-corrected chi connectivity index (χ4v) is 3.18. The number of aryl methyl sites for hydroxylation is 1. The standard InChI is InChI=1S/C23H38O3/c1-3-5-7-9-10-11-12-13-16-20-17-15-18-21(22(20)24)23(25)26-19-14-8-6-4-2/h15,17-18,24H,3-14,16,19H2,1-2H3. The van der Waals surface area contributed by atoms with Crippen LogP contribution in [0.5, 0.6) is 5.75 Å². The van der Waals surface area contributed by atoms with Crippen molar-refractivity contribution in [2.24, 2.45) is 0 Å². The smallest absolute Gasteiger partial charge is 0.341 e. The highest BCUT2D eigenvalue weighted by Crippen LogP contribution is 2.25. The first-order valence-corrected chi connectivity index (χ1v) is 10.7. The van der Waals surface area contributed by atoms with Gasteiger partial charge in [-0.25, -0.2) is 4.79 Å². The Balaban J connectivity index is 2.32. The van der Waals surface area contributed by atoms with Gasteiger partial charge in [0.1, 0.15) is 11.3 Å². The molecule has 1 aromatic rings. The zero-order valence-corrected chi connectivity index (χ0v) is 16.9. The number of phenols is 1. The van der Waals surface area contributed by atoms with E-state index in [0.29, 0.717) is 12.2 Å². The third-order valence-electron chi connectivity index (χ3n) is 4.87. The molecule has 148 valence electrons. The Kier molecular flexibility index (Phi) is 12.7. The zero-order valence-electron chi connectivity index (χ0n) is 16.9. The monoisotopic (exact) mass is 362 g/mol. The molecule has 0 aromatic heterocycles. The molecule has 0 atom stereocenters. The van der Waals surface area contributed by atoms with Crippen LogP contribution in [0.15, 0.2) is 18.2 Å². The van der Waals surface area contributed by atoms with Gasteiger partial charge in [0.15, 0.2) is 0 Å². The van der Waals surface area contributed by atoms with Gasteiger partial charge in [0.2, 0.25) is 0 Å². The van der Waals surface area contributed by atoms with Gasteiger partial charge in [-0.3, -0.25) is 0 Å². The molecule has 0 aliphatic rings. The molecule has 3 nitrogen and oxygen atoms in total. The van der Waals surface area contributed by atoms with Crippen molar-refractivity contribution >= 4 is 5.97 Å². The van der Waals surface area contributed by atoms with E-state index in [9.17, 15) is 9.90 Å². The lowest BCUT2D eigenvalue weighted by Crippen LogP contribution is -2.07. The maximum Gasteiger partial charge on any atom is 0.341 e. The molecular formula is C23H38O3. The van der Waals surface area contributed by atoms with Crippen molar-refractivity contribution in [1.82, 2.24) is 0 Å². The van der Waals surface area contributed by atoms with Gasteiger partial charge in [-0.15, -0.1) is 0 Å². The van der Waals surface area contributed by atoms with Crippen LogP contribution in [0.25, 0.3) is 0 Å². The number of aromatic hydroxyl groups is 1. The van der Waals surface area contributed by atoms with Crippen molar-refractivity contribution in [3.63, 3.8) is 0 Å². The van der Waals surface area contributed by atoms with Gasteiger partial charge in [0, 0.05) is 0 Å². The molecular weight excluding hydrogens is 324 g/mol. The van der Waals surface area contributed by atoms with E-state index < -0.39 is 5.97 Å². The van der Waals surface area contributed by atoms with Gasteiger partial charge in [0.05, 0.1) is 6.61 Å². The number of benzene rings is 1. The summed E-state index contributed by atoms with van der Waals surface area (Å²) in [6, 6.07) is 5.41. The van der Waals surface area contributed by atoms with Gasteiger partial charge in [0.25, 0.3) is 0 Å². The zero-order chi connectivity index (χ0) is 19.0. The molecule has 0 saturated carbocycles. The average Bonchev–Trinajstić information content (AvgIpc) is 2.64. The van der Waals surface area contributed by atoms with Gasteiger partial charge >= 0.3 is 5.97 Å². The van der Waals surface area contributed by atoms with Crippen LogP contribution in [-0.4, -0.2) is 17.7 Å². The third-order valence-corrected chi connectivity index (χ3v) is 4.87. The van der Waals surface area contributed by atoms with Crippen LogP contribution in [0.3, 0.4) is 0 Å². The molecule has 0 spiro atoms. The number of rotatable bonds is 15. The first kappa shape index (κ1) is 22.5. The number of unbranched alkanes of at least 4 members (excludes halogenated alkanes) is 10. The predicted molar refractivity (Wildman–Crippen MR) is 109 cm³/mol. The molecule has 1 aromatic carbocycles. The number of esters is 1. The van der Waals surface area contributed by atoms with E-state index in [1.807, 2.05) is 12.1 Å². The van der Waals surface area contributed by atoms with Crippen LogP contribution < -0.4 is 0 Å². The summed E-state index contributed by atoms with van der Waals surface area (Å²) in [5.41, 5.74) is 1.16. The summed E-state index contributed by atoms with van der Waals surface area (Å²) in [7, 11) is 0. The van der Waals surface area contributed by atoms with Crippen molar-refractivity contribution in [2.45, 2.75) is 97.3 Å². The Labute approximate surface area is 160 Å². The van der Waals surface area contributed by atoms with E-state index in [-0.39, 0.29) is 5.75 Å². The van der Waals surface area contributed by atoms with Crippen LogP contribution in [0, 0.1) is 0 Å². The van der Waals surface area contributed by atoms with E-state index in [1.54, 1.807) is 6.07 Å². The van der Waals surface area contributed by atoms with Crippen LogP contribution in [0.4, 0.5) is 0 Å². The summed E-state index contributed by atoms with van der Waals surface area (Å²) in [4.78, 5) is 12.2. The summed E-state index contributed by atoms with van der Waals surface area (Å²) in [5.74, 6) is -0.300. The van der Waals surface area contributed by atoms with Crippen LogP contribution in [0.1, 0.15) is 107 Å². The lowest BCUT2D eigenvalue weighted by Gasteiger charge is -2.10. The lowest BCUT2D eigenvalue weighted by atomic mass is 10.0. The Morgan fingerprint density at radius 1 is 0.846 bits per heavy atom. The molecule has 0 aliphatic carbocycles. The molecule has 0 radical (unpaired) electrons. The highest BCUT2D eigenvalue weighted by molar-refractivity contribution is 5.92. The number of carbonyl (C=O) groups excluding carboxylic acids is 1. The Bertz CT molecular complexity index is 496. The molecule has 0 bridgehead atoms. The van der Waals surface area contributed by atoms with Gasteiger partial charge in [-0.05, 0) is 30.9 Å². The van der Waals surface area contributed by atoms with Crippen LogP contribution in [0.2, 0.25) is 0 Å². The first-order chi connectivity index (χ1) is 12.7. The molecule has 1 N–H and O–H groups in total. The second kappa shape index (κ2) is 14.6. The predicted octanol–water partition coefficient (Wildman–Crippen LogP) is 6.81. The minimum absolute atomic E-state index is 0.106. The number of hydrogen-bond acceptors (Lipinski definition) is 3. The second-order valence-corrected chi connectivity index (χ2v) is 7.23. The quantitative estimate of drug-likeness (QED) is 0.275. The number of carbonyl (C=O) groups is 1. The summed E-state index contributed by atoms with van der Waals surface area (Å²) in [5, 5.41) is 10.4. The minimum atomic E-state index is -0.406. The fraction of sp³-hybridized carbons (Fsp3) is 0.696. The molecule has 0 amide bonds. The van der Waals surface area contributed by atoms with Gasteiger partial charge < -0.3 is 9.84 Å². The summed E-state index contributed by atoms with van der Waals surface area (Å²) >= 11 is 0. The summed E-state index contributed by atoms with van der Waals surface area (Å²) < 4.78 is 5.30. The molecule has 3 heteroatoms. The Hall–Kier alpha value is -1.51. The van der Waals surface area contributed by atoms with Crippen molar-refractivity contribution < 1.29 is 14.6 Å². The lowest BCUT2D eigenvalue weighted by molar-refractivity contribution is 0.0494. The Morgan fingerprint density at radius 2 is 1.42 bits per heavy atom. The van der Waals surface area contributed by atoms with Crippen LogP contribution >= 0.6 is 0 Å². The number of phenolic OH excluding ortho intramolecular Hbond substituents is 1.